The van der Waals surface area contributed by atoms with Crippen LogP contribution >= 0.6 is 15.9 Å². The van der Waals surface area contributed by atoms with Gasteiger partial charge in [-0.1, -0.05) is 0 Å². The summed E-state index contributed by atoms with van der Waals surface area (Å²) in [7, 11) is 0. The van der Waals surface area contributed by atoms with Crippen molar-refractivity contribution in [2.45, 2.75) is 0 Å². The van der Waals surface area contributed by atoms with Gasteiger partial charge in [-0.25, -0.2) is 0 Å². The molecule has 0 heterocycles. The third kappa shape index (κ3) is 2.76. The molecule has 0 saturated heterocycles. The van der Waals surface area contributed by atoms with E-state index in [0.29, 0.717) is 4.47 Å². The molecule has 7 heteroatoms. The molecule has 0 atom stereocenters. The Morgan fingerprint density at radius 2 is 1.37 bits per heavy atom. The first-order valence-corrected chi connectivity index (χ1v) is 5.97. The normalized spacial score (nSPS) is 10.2. The molecule has 0 aliphatic rings. The van der Waals surface area contributed by atoms with Crippen LogP contribution in [0.5, 0.6) is 0 Å². The van der Waals surface area contributed by atoms with Crippen LogP contribution < -0.4 is 0 Å². The minimum Gasteiger partial charge on any atom is -0.258 e. The first-order chi connectivity index (χ1) is 8.99. The Morgan fingerprint density at radius 1 is 0.842 bits per heavy atom. The molecule has 0 fully saturated rings. The first-order valence-electron chi connectivity index (χ1n) is 5.18. The molecule has 0 aliphatic carbocycles. The topological polar surface area (TPSA) is 86.3 Å². The number of hydrogen-bond acceptors (Lipinski definition) is 4. The summed E-state index contributed by atoms with van der Waals surface area (Å²) in [5.41, 5.74) is 1.46. The lowest BCUT2D eigenvalue weighted by Crippen LogP contribution is -1.90. The molecular formula is C12H7BrN2O4. The van der Waals surface area contributed by atoms with E-state index in [4.69, 9.17) is 0 Å². The molecule has 2 aromatic carbocycles. The van der Waals surface area contributed by atoms with Gasteiger partial charge in [-0.3, -0.25) is 20.2 Å². The van der Waals surface area contributed by atoms with E-state index in [0.717, 1.165) is 11.1 Å². The monoisotopic (exact) mass is 322 g/mol. The van der Waals surface area contributed by atoms with E-state index < -0.39 is 9.85 Å². The highest BCUT2D eigenvalue weighted by Crippen LogP contribution is 2.32. The second kappa shape index (κ2) is 5.15. The number of benzene rings is 2. The van der Waals surface area contributed by atoms with Gasteiger partial charge in [0.1, 0.15) is 0 Å². The van der Waals surface area contributed by atoms with Crippen molar-refractivity contribution in [1.82, 2.24) is 0 Å². The van der Waals surface area contributed by atoms with Crippen molar-refractivity contribution in [1.29, 1.82) is 0 Å². The highest BCUT2D eigenvalue weighted by atomic mass is 79.9. The van der Waals surface area contributed by atoms with E-state index in [1.807, 2.05) is 0 Å². The average molecular weight is 323 g/mol. The summed E-state index contributed by atoms with van der Waals surface area (Å²) in [6.45, 7) is 0. The molecule has 0 saturated carbocycles. The Balaban J connectivity index is 2.41. The summed E-state index contributed by atoms with van der Waals surface area (Å²) in [5.74, 6) is 0. The van der Waals surface area contributed by atoms with Gasteiger partial charge in [0.15, 0.2) is 0 Å². The number of non-ortho nitro benzene ring substituents is 2. The van der Waals surface area contributed by atoms with Crippen LogP contribution in [0.25, 0.3) is 11.1 Å². The maximum atomic E-state index is 10.6. The van der Waals surface area contributed by atoms with Crippen molar-refractivity contribution >= 4 is 27.3 Å². The fourth-order valence-corrected chi connectivity index (χ4v) is 2.21. The standard InChI is InChI=1S/C12H7BrN2O4/c13-12-7-10(15(18)19)5-6-11(12)8-1-3-9(4-2-8)14(16)17/h1-7H. The van der Waals surface area contributed by atoms with Crippen LogP contribution in [0.2, 0.25) is 0 Å². The van der Waals surface area contributed by atoms with E-state index in [1.165, 1.54) is 24.3 Å². The SMILES string of the molecule is O=[N+]([O-])c1ccc(-c2ccc([N+](=O)[O-])cc2Br)cc1. The zero-order valence-electron chi connectivity index (χ0n) is 9.45. The van der Waals surface area contributed by atoms with E-state index in [-0.39, 0.29) is 11.4 Å². The molecule has 0 radical (unpaired) electrons. The Labute approximate surface area is 116 Å². The van der Waals surface area contributed by atoms with Crippen LogP contribution in [0.3, 0.4) is 0 Å². The van der Waals surface area contributed by atoms with E-state index >= 15 is 0 Å². The van der Waals surface area contributed by atoms with Gasteiger partial charge < -0.3 is 0 Å². The van der Waals surface area contributed by atoms with Gasteiger partial charge in [0.25, 0.3) is 11.4 Å². The summed E-state index contributed by atoms with van der Waals surface area (Å²) >= 11 is 3.26. The molecule has 2 aromatic rings. The predicted molar refractivity (Wildman–Crippen MR) is 72.9 cm³/mol. The second-order valence-corrected chi connectivity index (χ2v) is 4.58. The highest BCUT2D eigenvalue weighted by Gasteiger charge is 2.11. The lowest BCUT2D eigenvalue weighted by atomic mass is 10.1. The van der Waals surface area contributed by atoms with E-state index in [1.54, 1.807) is 18.2 Å². The Kier molecular flexibility index (Phi) is 3.57. The van der Waals surface area contributed by atoms with Gasteiger partial charge in [-0.15, -0.1) is 0 Å². The van der Waals surface area contributed by atoms with Crippen molar-refractivity contribution < 1.29 is 9.85 Å². The predicted octanol–water partition coefficient (Wildman–Crippen LogP) is 3.93. The Morgan fingerprint density at radius 3 is 1.84 bits per heavy atom. The maximum Gasteiger partial charge on any atom is 0.270 e. The Bertz CT molecular complexity index is 655. The minimum atomic E-state index is -0.482. The zero-order valence-corrected chi connectivity index (χ0v) is 11.0. The molecule has 0 unspecified atom stereocenters. The summed E-state index contributed by atoms with van der Waals surface area (Å²) in [5, 5.41) is 21.2. The number of nitrogens with zero attached hydrogens (tertiary/aromatic N) is 2. The van der Waals surface area contributed by atoms with Crippen LogP contribution in [-0.2, 0) is 0 Å². The molecule has 0 aromatic heterocycles. The quantitative estimate of drug-likeness (QED) is 0.632. The summed E-state index contributed by atoms with van der Waals surface area (Å²) in [6.07, 6.45) is 0. The zero-order chi connectivity index (χ0) is 14.0. The van der Waals surface area contributed by atoms with Gasteiger partial charge in [-0.2, -0.15) is 0 Å². The number of rotatable bonds is 3. The van der Waals surface area contributed by atoms with Gasteiger partial charge in [0, 0.05) is 28.7 Å². The van der Waals surface area contributed by atoms with Crippen LogP contribution in [0, 0.1) is 20.2 Å². The van der Waals surface area contributed by atoms with Gasteiger partial charge in [0.05, 0.1) is 9.85 Å². The fraction of sp³-hybridized carbons (Fsp3) is 0. The smallest absolute Gasteiger partial charge is 0.258 e. The maximum absolute atomic E-state index is 10.6. The molecule has 6 nitrogen and oxygen atoms in total. The summed E-state index contributed by atoms with van der Waals surface area (Å²) in [4.78, 5) is 20.2. The van der Waals surface area contributed by atoms with E-state index in [9.17, 15) is 20.2 Å². The molecule has 0 aliphatic heterocycles. The van der Waals surface area contributed by atoms with Crippen LogP contribution in [-0.4, -0.2) is 9.85 Å². The van der Waals surface area contributed by atoms with Gasteiger partial charge >= 0.3 is 0 Å². The lowest BCUT2D eigenvalue weighted by molar-refractivity contribution is -0.385. The first kappa shape index (κ1) is 13.2. The van der Waals surface area contributed by atoms with Crippen LogP contribution in [0.4, 0.5) is 11.4 Å². The Hall–Kier alpha value is -2.28. The third-order valence-electron chi connectivity index (χ3n) is 2.55. The number of halogens is 1. The minimum absolute atomic E-state index is 0.00165. The van der Waals surface area contributed by atoms with Crippen molar-refractivity contribution in [3.8, 4) is 11.1 Å². The number of nitro benzene ring substituents is 2. The fourth-order valence-electron chi connectivity index (χ4n) is 1.61. The van der Waals surface area contributed by atoms with Crippen LogP contribution in [0.1, 0.15) is 0 Å². The molecule has 19 heavy (non-hydrogen) atoms. The highest BCUT2D eigenvalue weighted by molar-refractivity contribution is 9.10. The molecular weight excluding hydrogens is 316 g/mol. The lowest BCUT2D eigenvalue weighted by Gasteiger charge is -2.04. The van der Waals surface area contributed by atoms with Gasteiger partial charge in [0.2, 0.25) is 0 Å². The van der Waals surface area contributed by atoms with Crippen LogP contribution in [0.15, 0.2) is 46.9 Å². The van der Waals surface area contributed by atoms with Crippen molar-refractivity contribution in [2.75, 3.05) is 0 Å². The largest absolute Gasteiger partial charge is 0.270 e. The van der Waals surface area contributed by atoms with E-state index in [2.05, 4.69) is 15.9 Å². The summed E-state index contributed by atoms with van der Waals surface area (Å²) < 4.78 is 0.565. The molecule has 0 bridgehead atoms. The van der Waals surface area contributed by atoms with Crippen molar-refractivity contribution in [3.05, 3.63) is 67.2 Å². The molecule has 2 rings (SSSR count). The third-order valence-corrected chi connectivity index (χ3v) is 3.21. The number of nitro groups is 2. The van der Waals surface area contributed by atoms with Crippen molar-refractivity contribution in [3.63, 3.8) is 0 Å². The second-order valence-electron chi connectivity index (χ2n) is 3.73. The molecule has 0 N–H and O–H groups in total. The average Bonchev–Trinajstić information content (AvgIpc) is 2.38. The molecule has 0 amide bonds. The molecule has 0 spiro atoms. The van der Waals surface area contributed by atoms with Crippen molar-refractivity contribution in [2.24, 2.45) is 0 Å². The number of hydrogen-bond donors (Lipinski definition) is 0. The molecule has 96 valence electrons. The van der Waals surface area contributed by atoms with Gasteiger partial charge in [-0.05, 0) is 45.3 Å². The summed E-state index contributed by atoms with van der Waals surface area (Å²) in [6, 6.07) is 10.4.